The van der Waals surface area contributed by atoms with Crippen molar-refractivity contribution < 1.29 is 22.0 Å². The zero-order valence-electron chi connectivity index (χ0n) is 18.5. The Bertz CT molecular complexity index is 1150. The second kappa shape index (κ2) is 10.1. The highest BCUT2D eigenvalue weighted by molar-refractivity contribution is 6.15. The molecule has 0 unspecified atom stereocenters. The van der Waals surface area contributed by atoms with Crippen molar-refractivity contribution in [3.63, 3.8) is 0 Å². The van der Waals surface area contributed by atoms with Crippen molar-refractivity contribution in [2.24, 2.45) is 10.4 Å². The number of nitrogens with zero attached hydrogens (tertiary/aromatic N) is 3. The SMILES string of the molecule is CC(C)(CNc1nc(C(=N)/C=C(\NCc2ccccc2F)C2=NCC=C2)ncc1F)C(F)(F)F. The Morgan fingerprint density at radius 2 is 1.88 bits per heavy atom. The standard InChI is InChI=1S/C23H23F5N6/c1-22(2,23(26,27)28)13-33-20-16(25)12-32-21(34-20)17(29)10-19(18-8-5-9-30-18)31-11-14-6-3-4-7-15(14)24/h3-8,10,12,29,31H,9,11,13H2,1-2H3,(H,32,33,34)/b19-10-,29-17?. The number of benzene rings is 1. The van der Waals surface area contributed by atoms with Crippen molar-refractivity contribution in [1.82, 2.24) is 15.3 Å². The molecule has 0 aliphatic carbocycles. The first-order valence-corrected chi connectivity index (χ1v) is 10.3. The summed E-state index contributed by atoms with van der Waals surface area (Å²) in [6.07, 6.45) is 1.16. The summed E-state index contributed by atoms with van der Waals surface area (Å²) in [6, 6.07) is 6.21. The molecule has 0 atom stereocenters. The predicted molar refractivity (Wildman–Crippen MR) is 120 cm³/mol. The number of alkyl halides is 3. The Morgan fingerprint density at radius 3 is 2.53 bits per heavy atom. The van der Waals surface area contributed by atoms with Gasteiger partial charge in [-0.05, 0) is 32.1 Å². The summed E-state index contributed by atoms with van der Waals surface area (Å²) in [5.74, 6) is -1.99. The Kier molecular flexibility index (Phi) is 7.43. The molecule has 6 nitrogen and oxygen atoms in total. The second-order valence-corrected chi connectivity index (χ2v) is 8.17. The Balaban J connectivity index is 1.81. The summed E-state index contributed by atoms with van der Waals surface area (Å²) in [5, 5.41) is 13.7. The molecule has 1 aromatic heterocycles. The van der Waals surface area contributed by atoms with Gasteiger partial charge in [0.1, 0.15) is 11.5 Å². The average molecular weight is 478 g/mol. The fourth-order valence-corrected chi connectivity index (χ4v) is 2.83. The zero-order chi connectivity index (χ0) is 24.9. The Morgan fingerprint density at radius 1 is 1.15 bits per heavy atom. The van der Waals surface area contributed by atoms with Crippen molar-refractivity contribution >= 4 is 17.2 Å². The third kappa shape index (κ3) is 6.03. The van der Waals surface area contributed by atoms with Crippen LogP contribution in [-0.4, -0.2) is 40.7 Å². The van der Waals surface area contributed by atoms with Crippen LogP contribution in [0.15, 0.2) is 59.4 Å². The maximum absolute atomic E-state index is 14.1. The average Bonchev–Trinajstić information content (AvgIpc) is 3.31. The van der Waals surface area contributed by atoms with E-state index >= 15 is 0 Å². The number of anilines is 1. The molecule has 1 aromatic carbocycles. The third-order valence-electron chi connectivity index (χ3n) is 5.08. The molecule has 180 valence electrons. The number of halogens is 5. The van der Waals surface area contributed by atoms with Gasteiger partial charge in [-0.25, -0.2) is 18.7 Å². The van der Waals surface area contributed by atoms with Crippen LogP contribution in [0.4, 0.5) is 27.8 Å². The first kappa shape index (κ1) is 25.0. The number of allylic oxidation sites excluding steroid dienone is 2. The quantitative estimate of drug-likeness (QED) is 0.357. The highest BCUT2D eigenvalue weighted by Crippen LogP contribution is 2.37. The molecule has 0 bridgehead atoms. The monoisotopic (exact) mass is 478 g/mol. The normalized spacial score (nSPS) is 14.2. The van der Waals surface area contributed by atoms with Crippen LogP contribution in [0.25, 0.3) is 0 Å². The van der Waals surface area contributed by atoms with Gasteiger partial charge in [0.05, 0.1) is 29.6 Å². The van der Waals surface area contributed by atoms with Crippen LogP contribution in [-0.2, 0) is 6.54 Å². The van der Waals surface area contributed by atoms with Gasteiger partial charge in [-0.2, -0.15) is 13.2 Å². The Hall–Kier alpha value is -3.63. The van der Waals surface area contributed by atoms with Gasteiger partial charge in [-0.1, -0.05) is 24.3 Å². The van der Waals surface area contributed by atoms with Gasteiger partial charge in [0.2, 0.25) is 0 Å². The number of hydrogen-bond acceptors (Lipinski definition) is 6. The maximum Gasteiger partial charge on any atom is 0.395 e. The minimum atomic E-state index is -4.50. The van der Waals surface area contributed by atoms with Crippen molar-refractivity contribution in [2.75, 3.05) is 18.4 Å². The first-order chi connectivity index (χ1) is 16.0. The predicted octanol–water partition coefficient (Wildman–Crippen LogP) is 4.81. The molecule has 0 amide bonds. The van der Waals surface area contributed by atoms with Crippen molar-refractivity contribution in [1.29, 1.82) is 5.41 Å². The molecule has 0 saturated carbocycles. The van der Waals surface area contributed by atoms with Crippen LogP contribution in [0.5, 0.6) is 0 Å². The number of rotatable bonds is 9. The lowest BCUT2D eigenvalue weighted by Gasteiger charge is -2.28. The number of nitrogens with one attached hydrogen (secondary N) is 3. The van der Waals surface area contributed by atoms with E-state index in [-0.39, 0.29) is 18.1 Å². The van der Waals surface area contributed by atoms with Crippen LogP contribution >= 0.6 is 0 Å². The molecule has 34 heavy (non-hydrogen) atoms. The Labute approximate surface area is 193 Å². The molecule has 2 heterocycles. The molecule has 3 N–H and O–H groups in total. The topological polar surface area (TPSA) is 86.0 Å². The summed E-state index contributed by atoms with van der Waals surface area (Å²) in [4.78, 5) is 12.0. The summed E-state index contributed by atoms with van der Waals surface area (Å²) < 4.78 is 67.4. The molecule has 1 aliphatic rings. The third-order valence-corrected chi connectivity index (χ3v) is 5.08. The van der Waals surface area contributed by atoms with E-state index < -0.39 is 35.6 Å². The molecule has 0 fully saturated rings. The van der Waals surface area contributed by atoms with E-state index in [9.17, 15) is 22.0 Å². The highest BCUT2D eigenvalue weighted by Gasteiger charge is 2.47. The first-order valence-electron chi connectivity index (χ1n) is 10.3. The van der Waals surface area contributed by atoms with Gasteiger partial charge in [-0.3, -0.25) is 10.4 Å². The van der Waals surface area contributed by atoms with Crippen molar-refractivity contribution in [2.45, 2.75) is 26.6 Å². The van der Waals surface area contributed by atoms with E-state index in [0.29, 0.717) is 23.5 Å². The minimum absolute atomic E-state index is 0.113. The molecule has 11 heteroatoms. The lowest BCUT2D eigenvalue weighted by molar-refractivity contribution is -0.206. The number of aromatic nitrogens is 2. The van der Waals surface area contributed by atoms with E-state index in [4.69, 9.17) is 5.41 Å². The molecule has 0 radical (unpaired) electrons. The molecule has 0 spiro atoms. The van der Waals surface area contributed by atoms with Crippen LogP contribution in [0, 0.1) is 22.5 Å². The van der Waals surface area contributed by atoms with E-state index in [1.807, 2.05) is 0 Å². The summed E-state index contributed by atoms with van der Waals surface area (Å²) >= 11 is 0. The summed E-state index contributed by atoms with van der Waals surface area (Å²) in [7, 11) is 0. The van der Waals surface area contributed by atoms with Crippen LogP contribution < -0.4 is 10.6 Å². The minimum Gasteiger partial charge on any atom is -0.379 e. The smallest absolute Gasteiger partial charge is 0.379 e. The van der Waals surface area contributed by atoms with E-state index in [2.05, 4.69) is 25.6 Å². The zero-order valence-corrected chi connectivity index (χ0v) is 18.5. The molecular formula is C23H23F5N6. The van der Waals surface area contributed by atoms with Crippen LogP contribution in [0.3, 0.4) is 0 Å². The lowest BCUT2D eigenvalue weighted by Crippen LogP contribution is -2.38. The molecule has 0 saturated heterocycles. The number of hydrogen-bond donors (Lipinski definition) is 3. The molecule has 3 rings (SSSR count). The van der Waals surface area contributed by atoms with Gasteiger partial charge < -0.3 is 10.6 Å². The van der Waals surface area contributed by atoms with Gasteiger partial charge >= 0.3 is 6.18 Å². The maximum atomic E-state index is 14.1. The van der Waals surface area contributed by atoms with E-state index in [1.165, 1.54) is 12.1 Å². The van der Waals surface area contributed by atoms with Gasteiger partial charge in [0.25, 0.3) is 0 Å². The van der Waals surface area contributed by atoms with E-state index in [1.54, 1.807) is 30.4 Å². The number of aliphatic imine (C=N–C) groups is 1. The van der Waals surface area contributed by atoms with Gasteiger partial charge in [-0.15, -0.1) is 0 Å². The summed E-state index contributed by atoms with van der Waals surface area (Å²) in [5.41, 5.74) is -1.05. The van der Waals surface area contributed by atoms with E-state index in [0.717, 1.165) is 20.0 Å². The molecular weight excluding hydrogens is 455 g/mol. The molecule has 2 aromatic rings. The van der Waals surface area contributed by atoms with Gasteiger partial charge in [0.15, 0.2) is 17.5 Å². The van der Waals surface area contributed by atoms with Crippen molar-refractivity contribution in [3.8, 4) is 0 Å². The van der Waals surface area contributed by atoms with Crippen LogP contribution in [0.1, 0.15) is 25.2 Å². The fraction of sp³-hybridized carbons (Fsp3) is 0.304. The fourth-order valence-electron chi connectivity index (χ4n) is 2.83. The summed E-state index contributed by atoms with van der Waals surface area (Å²) in [6.45, 7) is 1.89. The largest absolute Gasteiger partial charge is 0.395 e. The van der Waals surface area contributed by atoms with Crippen molar-refractivity contribution in [3.05, 3.63) is 77.4 Å². The second-order valence-electron chi connectivity index (χ2n) is 8.17. The van der Waals surface area contributed by atoms with Gasteiger partial charge in [0, 0.05) is 18.7 Å². The molecule has 1 aliphatic heterocycles. The van der Waals surface area contributed by atoms with Crippen LogP contribution in [0.2, 0.25) is 0 Å². The lowest BCUT2D eigenvalue weighted by atomic mass is 9.93. The highest BCUT2D eigenvalue weighted by atomic mass is 19.4.